The third-order valence-corrected chi connectivity index (χ3v) is 16.6. The van der Waals surface area contributed by atoms with Crippen molar-refractivity contribution in [3.05, 3.63) is 98.2 Å². The van der Waals surface area contributed by atoms with Gasteiger partial charge in [-0.05, 0) is 136 Å². The lowest BCUT2D eigenvalue weighted by molar-refractivity contribution is -0.136. The van der Waals surface area contributed by atoms with Gasteiger partial charge in [0.05, 0.1) is 22.1 Å². The number of halogens is 2. The summed E-state index contributed by atoms with van der Waals surface area (Å²) in [5, 5.41) is 12.8. The molecule has 3 saturated heterocycles. The van der Waals surface area contributed by atoms with Crippen molar-refractivity contribution in [3.8, 4) is 0 Å². The van der Waals surface area contributed by atoms with Gasteiger partial charge in [0.2, 0.25) is 23.6 Å². The number of hydrogen-bond acceptors (Lipinski definition) is 7. The summed E-state index contributed by atoms with van der Waals surface area (Å²) in [6.45, 7) is 5.10. The van der Waals surface area contributed by atoms with E-state index in [0.717, 1.165) is 113 Å². The van der Waals surface area contributed by atoms with Crippen molar-refractivity contribution in [2.45, 2.75) is 144 Å². The molecule has 6 aliphatic rings. The van der Waals surface area contributed by atoms with Crippen LogP contribution in [0.15, 0.2) is 59.4 Å². The molecule has 4 aliphatic heterocycles. The third kappa shape index (κ3) is 7.44. The Labute approximate surface area is 384 Å². The van der Waals surface area contributed by atoms with E-state index in [1.54, 1.807) is 23.7 Å². The van der Waals surface area contributed by atoms with E-state index in [1.807, 2.05) is 6.07 Å². The Bertz CT molecular complexity index is 2600. The first-order valence-electron chi connectivity index (χ1n) is 24.2. The van der Waals surface area contributed by atoms with Crippen LogP contribution in [0.4, 0.5) is 10.1 Å². The summed E-state index contributed by atoms with van der Waals surface area (Å²) in [6, 6.07) is 15.8. The first-order chi connectivity index (χ1) is 31.4. The largest absolute Gasteiger partial charge is 0.352 e. The van der Waals surface area contributed by atoms with Crippen LogP contribution in [0.3, 0.4) is 0 Å². The van der Waals surface area contributed by atoms with Gasteiger partial charge in [-0.15, -0.1) is 0 Å². The summed E-state index contributed by atoms with van der Waals surface area (Å²) in [7, 11) is 1.74. The minimum Gasteiger partial charge on any atom is -0.352 e. The molecule has 0 radical (unpaired) electrons. The lowest BCUT2D eigenvalue weighted by Gasteiger charge is -2.47. The number of benzene rings is 3. The zero-order valence-corrected chi connectivity index (χ0v) is 38.3. The van der Waals surface area contributed by atoms with E-state index in [2.05, 4.69) is 63.4 Å². The number of nitrogens with zero attached hydrogens (tertiary/aromatic N) is 3. The fourth-order valence-corrected chi connectivity index (χ4v) is 13.4. The topological polar surface area (TPSA) is 147 Å². The van der Waals surface area contributed by atoms with E-state index < -0.39 is 40.7 Å². The highest BCUT2D eigenvalue weighted by Gasteiger charge is 2.72. The number of aryl methyl sites for hydroxylation is 2. The van der Waals surface area contributed by atoms with E-state index >= 15 is 4.39 Å². The zero-order valence-electron chi connectivity index (χ0n) is 37.5. The van der Waals surface area contributed by atoms with Crippen molar-refractivity contribution < 1.29 is 23.6 Å². The Balaban J connectivity index is 0.807. The molecule has 14 heteroatoms. The second-order valence-corrected chi connectivity index (χ2v) is 20.4. The molecule has 4 aromatic rings. The number of amides is 4. The molecule has 10 rings (SSSR count). The normalized spacial score (nSPS) is 28.2. The van der Waals surface area contributed by atoms with E-state index in [0.29, 0.717) is 42.2 Å². The van der Waals surface area contributed by atoms with Crippen molar-refractivity contribution in [1.82, 2.24) is 30.0 Å². The SMILES string of the molecule is CCCc1ccc2c(c1)NC(=O)[C@]21[C@@H](c2cccc(Cl)c2F)[C@H](C(=O)NC2CCC(CN3CCC(c4ccc5c(c4)n(C)c(=O)n5C4CCC(=O)NC4=O)CC3)CC2)NC12CCCCC2. The van der Waals surface area contributed by atoms with Gasteiger partial charge in [-0.25, -0.2) is 9.18 Å². The molecule has 344 valence electrons. The molecule has 3 aromatic carbocycles. The molecule has 4 atom stereocenters. The second kappa shape index (κ2) is 17.4. The van der Waals surface area contributed by atoms with Crippen molar-refractivity contribution in [1.29, 1.82) is 0 Å². The number of carbonyl (C=O) groups excluding carboxylic acids is 4. The van der Waals surface area contributed by atoms with E-state index in [-0.39, 0.29) is 40.9 Å². The Morgan fingerprint density at radius 2 is 1.66 bits per heavy atom. The van der Waals surface area contributed by atoms with Crippen molar-refractivity contribution in [3.63, 3.8) is 0 Å². The first kappa shape index (κ1) is 44.0. The van der Waals surface area contributed by atoms with E-state index in [9.17, 15) is 24.0 Å². The lowest BCUT2D eigenvalue weighted by atomic mass is 9.55. The fraction of sp³-hybridized carbons (Fsp3) is 0.549. The summed E-state index contributed by atoms with van der Waals surface area (Å²) in [5.74, 6) is -1.61. The summed E-state index contributed by atoms with van der Waals surface area (Å²) in [4.78, 5) is 70.1. The first-order valence-corrected chi connectivity index (χ1v) is 24.5. The van der Waals surface area contributed by atoms with Crippen molar-refractivity contribution >= 4 is 52.0 Å². The van der Waals surface area contributed by atoms with Gasteiger partial charge in [0.15, 0.2) is 0 Å². The number of nitrogens with one attached hydrogen (secondary N) is 4. The van der Waals surface area contributed by atoms with Crippen LogP contribution in [0, 0.1) is 11.7 Å². The highest BCUT2D eigenvalue weighted by Crippen LogP contribution is 2.62. The highest BCUT2D eigenvalue weighted by molar-refractivity contribution is 6.30. The van der Waals surface area contributed by atoms with Crippen LogP contribution < -0.4 is 27.0 Å². The van der Waals surface area contributed by atoms with Crippen LogP contribution in [0.1, 0.15) is 137 Å². The van der Waals surface area contributed by atoms with E-state index in [4.69, 9.17) is 11.6 Å². The molecule has 5 fully saturated rings. The quantitative estimate of drug-likeness (QED) is 0.129. The van der Waals surface area contributed by atoms with Crippen LogP contribution in [-0.4, -0.2) is 74.9 Å². The number of fused-ring (bicyclic) bond motifs is 4. The maximum Gasteiger partial charge on any atom is 0.329 e. The van der Waals surface area contributed by atoms with Crippen LogP contribution in [-0.2, 0) is 38.1 Å². The van der Waals surface area contributed by atoms with Crippen LogP contribution >= 0.6 is 11.6 Å². The van der Waals surface area contributed by atoms with Crippen LogP contribution in [0.25, 0.3) is 11.0 Å². The maximum absolute atomic E-state index is 16.5. The minimum atomic E-state index is -1.21. The molecule has 5 heterocycles. The summed E-state index contributed by atoms with van der Waals surface area (Å²) in [6.07, 6.45) is 12.4. The molecule has 1 aromatic heterocycles. The summed E-state index contributed by atoms with van der Waals surface area (Å²) < 4.78 is 19.6. The van der Waals surface area contributed by atoms with Crippen molar-refractivity contribution in [2.75, 3.05) is 25.0 Å². The van der Waals surface area contributed by atoms with Gasteiger partial charge in [0.25, 0.3) is 0 Å². The Morgan fingerprint density at radius 1 is 0.892 bits per heavy atom. The van der Waals surface area contributed by atoms with Crippen molar-refractivity contribution in [2.24, 2.45) is 13.0 Å². The van der Waals surface area contributed by atoms with Gasteiger partial charge in [-0.1, -0.05) is 74.5 Å². The van der Waals surface area contributed by atoms with Gasteiger partial charge in [-0.3, -0.25) is 38.9 Å². The molecule has 12 nitrogen and oxygen atoms in total. The average Bonchev–Trinajstić information content (AvgIpc) is 3.86. The minimum absolute atomic E-state index is 0.0188. The van der Waals surface area contributed by atoms with Crippen LogP contribution in [0.5, 0.6) is 0 Å². The van der Waals surface area contributed by atoms with Gasteiger partial charge < -0.3 is 15.5 Å². The molecule has 4 amide bonds. The number of anilines is 1. The zero-order chi connectivity index (χ0) is 45.2. The molecule has 2 aliphatic carbocycles. The van der Waals surface area contributed by atoms with Gasteiger partial charge in [0.1, 0.15) is 17.3 Å². The Kier molecular flexibility index (Phi) is 11.8. The molecular weight excluding hydrogens is 845 g/mol. The third-order valence-electron chi connectivity index (χ3n) is 16.4. The van der Waals surface area contributed by atoms with Gasteiger partial charge >= 0.3 is 5.69 Å². The molecule has 1 unspecified atom stereocenters. The molecular formula is C51H61ClFN7O5. The number of rotatable bonds is 9. The highest BCUT2D eigenvalue weighted by atomic mass is 35.5. The number of piperidine rings is 2. The predicted octanol–water partition coefficient (Wildman–Crippen LogP) is 7.27. The predicted molar refractivity (Wildman–Crippen MR) is 249 cm³/mol. The lowest BCUT2D eigenvalue weighted by Crippen LogP contribution is -2.60. The number of imidazole rings is 1. The number of aromatic nitrogens is 2. The molecule has 2 saturated carbocycles. The smallest absolute Gasteiger partial charge is 0.329 e. The van der Waals surface area contributed by atoms with E-state index in [1.165, 1.54) is 16.2 Å². The number of hydrogen-bond donors (Lipinski definition) is 4. The molecule has 0 bridgehead atoms. The maximum atomic E-state index is 16.5. The summed E-state index contributed by atoms with van der Waals surface area (Å²) in [5.41, 5.74) is 3.54. The molecule has 65 heavy (non-hydrogen) atoms. The van der Waals surface area contributed by atoms with Gasteiger partial charge in [0, 0.05) is 43.2 Å². The van der Waals surface area contributed by atoms with Gasteiger partial charge in [-0.2, -0.15) is 0 Å². The second-order valence-electron chi connectivity index (χ2n) is 20.0. The summed E-state index contributed by atoms with van der Waals surface area (Å²) >= 11 is 6.49. The fourth-order valence-electron chi connectivity index (χ4n) is 13.2. The number of carbonyl (C=O) groups is 4. The molecule has 4 N–H and O–H groups in total. The monoisotopic (exact) mass is 905 g/mol. The number of likely N-dealkylation sites (tertiary alicyclic amines) is 1. The molecule has 2 spiro atoms. The number of imide groups is 1. The Hall–Kier alpha value is -4.85. The Morgan fingerprint density at radius 3 is 2.40 bits per heavy atom. The standard InChI is InChI=1S/C51H61ClFN7O5/c1-3-8-30-13-17-36-38(27-30)55-48(64)51(36)43(35-9-7-10-37(52)44(35)53)45(57-50(51)23-5-4-6-24-50)47(63)54-34-15-11-31(12-16-34)29-59-25-21-32(22-26-59)33-14-18-39-41(28-33)58(2)49(65)60(39)40-19-20-42(61)56-46(40)62/h7,9-10,13-14,17-18,27-28,31-32,34,40,43,45,57H,3-6,8,11-12,15-16,19-26,29H2,1-2H3,(H,54,63)(H,55,64)(H,56,61,62)/t31?,34?,40?,43-,45+,51+/m0/s1. The van der Waals surface area contributed by atoms with Crippen LogP contribution in [0.2, 0.25) is 5.02 Å². The average molecular weight is 907 g/mol.